The van der Waals surface area contributed by atoms with Gasteiger partial charge in [-0.05, 0) is 48.9 Å². The van der Waals surface area contributed by atoms with Gasteiger partial charge in [-0.25, -0.2) is 0 Å². The molecule has 0 saturated carbocycles. The van der Waals surface area contributed by atoms with Gasteiger partial charge >= 0.3 is 5.97 Å². The van der Waals surface area contributed by atoms with Crippen LogP contribution < -0.4 is 4.74 Å². The number of carbonyl (C=O) groups is 1. The van der Waals surface area contributed by atoms with Crippen molar-refractivity contribution in [3.05, 3.63) is 53.1 Å². The SMILES string of the molecule is CCOc1ccc(Sc2cccc(Cl)c2CC(=O)O)cc1. The van der Waals surface area contributed by atoms with Gasteiger partial charge < -0.3 is 9.84 Å². The first-order valence-corrected chi connectivity index (χ1v) is 7.69. The molecule has 2 rings (SSSR count). The predicted octanol–water partition coefficient (Wildman–Crippen LogP) is 4.52. The number of rotatable bonds is 6. The minimum Gasteiger partial charge on any atom is -0.494 e. The molecule has 0 aliphatic carbocycles. The van der Waals surface area contributed by atoms with Crippen LogP contribution in [0.5, 0.6) is 5.75 Å². The van der Waals surface area contributed by atoms with Gasteiger partial charge in [-0.2, -0.15) is 0 Å². The molecule has 0 saturated heterocycles. The van der Waals surface area contributed by atoms with E-state index in [9.17, 15) is 4.79 Å². The number of carboxylic acids is 1. The number of hydrogen-bond donors (Lipinski definition) is 1. The summed E-state index contributed by atoms with van der Waals surface area (Å²) in [6, 6.07) is 13.1. The largest absolute Gasteiger partial charge is 0.494 e. The summed E-state index contributed by atoms with van der Waals surface area (Å²) < 4.78 is 5.40. The Labute approximate surface area is 132 Å². The van der Waals surface area contributed by atoms with Crippen LogP contribution in [0.15, 0.2) is 52.3 Å². The second-order valence-corrected chi connectivity index (χ2v) is 5.82. The van der Waals surface area contributed by atoms with Crippen molar-refractivity contribution in [1.82, 2.24) is 0 Å². The van der Waals surface area contributed by atoms with Gasteiger partial charge in [-0.15, -0.1) is 0 Å². The first-order chi connectivity index (χ1) is 10.1. The minimum absolute atomic E-state index is 0.0843. The average molecular weight is 323 g/mol. The van der Waals surface area contributed by atoms with Crippen LogP contribution in [-0.2, 0) is 11.2 Å². The Balaban J connectivity index is 2.22. The number of hydrogen-bond acceptors (Lipinski definition) is 3. The zero-order valence-corrected chi connectivity index (χ0v) is 13.1. The van der Waals surface area contributed by atoms with Crippen molar-refractivity contribution in [3.63, 3.8) is 0 Å². The smallest absolute Gasteiger partial charge is 0.307 e. The lowest BCUT2D eigenvalue weighted by molar-refractivity contribution is -0.136. The van der Waals surface area contributed by atoms with Gasteiger partial charge in [-0.3, -0.25) is 4.79 Å². The van der Waals surface area contributed by atoms with E-state index in [1.165, 1.54) is 11.8 Å². The van der Waals surface area contributed by atoms with Crippen molar-refractivity contribution in [2.75, 3.05) is 6.61 Å². The maximum Gasteiger partial charge on any atom is 0.307 e. The molecule has 0 heterocycles. The summed E-state index contributed by atoms with van der Waals surface area (Å²) in [7, 11) is 0. The fraction of sp³-hybridized carbons (Fsp3) is 0.188. The van der Waals surface area contributed by atoms with Crippen molar-refractivity contribution in [1.29, 1.82) is 0 Å². The third kappa shape index (κ3) is 4.41. The van der Waals surface area contributed by atoms with E-state index < -0.39 is 5.97 Å². The third-order valence-electron chi connectivity index (χ3n) is 2.77. The maximum atomic E-state index is 11.0. The second-order valence-electron chi connectivity index (χ2n) is 4.29. The maximum absolute atomic E-state index is 11.0. The molecule has 1 N–H and O–H groups in total. The van der Waals surface area contributed by atoms with E-state index in [4.69, 9.17) is 21.4 Å². The van der Waals surface area contributed by atoms with Gasteiger partial charge in [0.2, 0.25) is 0 Å². The summed E-state index contributed by atoms with van der Waals surface area (Å²) in [4.78, 5) is 12.8. The van der Waals surface area contributed by atoms with E-state index in [0.29, 0.717) is 17.2 Å². The fourth-order valence-corrected chi connectivity index (χ4v) is 3.13. The molecular formula is C16H15ClO3S. The average Bonchev–Trinajstić information content (AvgIpc) is 2.45. The van der Waals surface area contributed by atoms with E-state index in [-0.39, 0.29) is 6.42 Å². The molecule has 0 unspecified atom stereocenters. The summed E-state index contributed by atoms with van der Waals surface area (Å²) in [5.41, 5.74) is 0.644. The van der Waals surface area contributed by atoms with Gasteiger partial charge in [0.05, 0.1) is 13.0 Å². The number of halogens is 1. The zero-order chi connectivity index (χ0) is 15.2. The number of ether oxygens (including phenoxy) is 1. The molecule has 0 spiro atoms. The standard InChI is InChI=1S/C16H15ClO3S/c1-2-20-11-6-8-12(9-7-11)21-15-5-3-4-14(17)13(15)10-16(18)19/h3-9H,2,10H2,1H3,(H,18,19). The van der Waals surface area contributed by atoms with E-state index in [2.05, 4.69) is 0 Å². The lowest BCUT2D eigenvalue weighted by atomic mass is 10.1. The second kappa shape index (κ2) is 7.38. The number of carboxylic acid groups (broad SMARTS) is 1. The molecule has 21 heavy (non-hydrogen) atoms. The number of benzene rings is 2. The zero-order valence-electron chi connectivity index (χ0n) is 11.5. The summed E-state index contributed by atoms with van der Waals surface area (Å²) in [5.74, 6) is -0.0738. The van der Waals surface area contributed by atoms with Crippen LogP contribution in [0.4, 0.5) is 0 Å². The molecule has 110 valence electrons. The molecule has 0 aromatic heterocycles. The lowest BCUT2D eigenvalue weighted by Crippen LogP contribution is -2.02. The Kier molecular flexibility index (Phi) is 5.53. The molecule has 2 aromatic rings. The van der Waals surface area contributed by atoms with E-state index >= 15 is 0 Å². The van der Waals surface area contributed by atoms with Gasteiger partial charge in [0.25, 0.3) is 0 Å². The third-order valence-corrected chi connectivity index (χ3v) is 4.23. The molecule has 0 atom stereocenters. The molecule has 0 aliphatic rings. The van der Waals surface area contributed by atoms with E-state index in [0.717, 1.165) is 15.5 Å². The Hall–Kier alpha value is -1.65. The highest BCUT2D eigenvalue weighted by Gasteiger charge is 2.12. The quantitative estimate of drug-likeness (QED) is 0.849. The molecule has 0 aliphatic heterocycles. The lowest BCUT2D eigenvalue weighted by Gasteiger charge is -2.10. The van der Waals surface area contributed by atoms with E-state index in [1.54, 1.807) is 6.07 Å². The molecular weight excluding hydrogens is 308 g/mol. The van der Waals surface area contributed by atoms with Gasteiger partial charge in [0, 0.05) is 14.8 Å². The number of aliphatic carboxylic acids is 1. The highest BCUT2D eigenvalue weighted by Crippen LogP contribution is 2.34. The Morgan fingerprint density at radius 1 is 1.24 bits per heavy atom. The van der Waals surface area contributed by atoms with Crippen LogP contribution in [0.25, 0.3) is 0 Å². The molecule has 3 nitrogen and oxygen atoms in total. The first-order valence-electron chi connectivity index (χ1n) is 6.50. The minimum atomic E-state index is -0.892. The highest BCUT2D eigenvalue weighted by atomic mass is 35.5. The highest BCUT2D eigenvalue weighted by molar-refractivity contribution is 7.99. The molecule has 0 bridgehead atoms. The Morgan fingerprint density at radius 3 is 2.57 bits per heavy atom. The van der Waals surface area contributed by atoms with Gasteiger partial charge in [0.1, 0.15) is 5.75 Å². The summed E-state index contributed by atoms with van der Waals surface area (Å²) in [6.07, 6.45) is -0.0843. The van der Waals surface area contributed by atoms with Crippen molar-refractivity contribution >= 4 is 29.3 Å². The first kappa shape index (κ1) is 15.7. The van der Waals surface area contributed by atoms with Crippen molar-refractivity contribution < 1.29 is 14.6 Å². The van der Waals surface area contributed by atoms with Crippen LogP contribution in [0.3, 0.4) is 0 Å². The molecule has 0 fully saturated rings. The fourth-order valence-electron chi connectivity index (χ4n) is 1.85. The monoisotopic (exact) mass is 322 g/mol. The van der Waals surface area contributed by atoms with Crippen LogP contribution in [0.1, 0.15) is 12.5 Å². The molecule has 2 aromatic carbocycles. The van der Waals surface area contributed by atoms with Crippen molar-refractivity contribution in [3.8, 4) is 5.75 Å². The normalized spacial score (nSPS) is 10.4. The van der Waals surface area contributed by atoms with Crippen molar-refractivity contribution in [2.45, 2.75) is 23.1 Å². The summed E-state index contributed by atoms with van der Waals surface area (Å²) in [5, 5.41) is 9.47. The van der Waals surface area contributed by atoms with Crippen LogP contribution in [0.2, 0.25) is 5.02 Å². The summed E-state index contributed by atoms with van der Waals surface area (Å²) in [6.45, 7) is 2.57. The Bertz CT molecular complexity index is 626. The topological polar surface area (TPSA) is 46.5 Å². The van der Waals surface area contributed by atoms with Crippen LogP contribution >= 0.6 is 23.4 Å². The molecule has 0 amide bonds. The van der Waals surface area contributed by atoms with Gasteiger partial charge in [0.15, 0.2) is 0 Å². The molecule has 5 heteroatoms. The molecule has 0 radical (unpaired) electrons. The van der Waals surface area contributed by atoms with Crippen LogP contribution in [-0.4, -0.2) is 17.7 Å². The van der Waals surface area contributed by atoms with E-state index in [1.807, 2.05) is 43.3 Å². The van der Waals surface area contributed by atoms with Crippen LogP contribution in [0, 0.1) is 0 Å². The van der Waals surface area contributed by atoms with Crippen molar-refractivity contribution in [2.24, 2.45) is 0 Å². The predicted molar refractivity (Wildman–Crippen MR) is 84.5 cm³/mol. The summed E-state index contributed by atoms with van der Waals surface area (Å²) >= 11 is 7.60. The van der Waals surface area contributed by atoms with Gasteiger partial charge in [-0.1, -0.05) is 29.4 Å². The Morgan fingerprint density at radius 2 is 1.95 bits per heavy atom.